The molecular formula is C21H19F3N4O3S. The molecule has 0 spiro atoms. The lowest BCUT2D eigenvalue weighted by molar-refractivity contribution is -0.137. The lowest BCUT2D eigenvalue weighted by Gasteiger charge is -2.37. The van der Waals surface area contributed by atoms with Gasteiger partial charge in [0.1, 0.15) is 0 Å². The van der Waals surface area contributed by atoms with Gasteiger partial charge >= 0.3 is 12.2 Å². The predicted octanol–water partition coefficient (Wildman–Crippen LogP) is 3.11. The van der Waals surface area contributed by atoms with Gasteiger partial charge in [-0.3, -0.25) is 4.90 Å². The molecule has 0 radical (unpaired) electrons. The normalized spacial score (nSPS) is 19.2. The van der Waals surface area contributed by atoms with Gasteiger partial charge in [0.15, 0.2) is 9.84 Å². The van der Waals surface area contributed by atoms with Crippen LogP contribution in [0.25, 0.3) is 0 Å². The summed E-state index contributed by atoms with van der Waals surface area (Å²) in [6.07, 6.45) is -3.58. The SMILES string of the molecule is CS(=O)(=O)c1cccc(N2CCN3C(=O)N(c4ccc(C#N)c(C(F)(F)F)c4)C[C@@H]3C2)c1. The number of urea groups is 1. The van der Waals surface area contributed by atoms with Gasteiger partial charge in [-0.05, 0) is 36.4 Å². The van der Waals surface area contributed by atoms with E-state index in [2.05, 4.69) is 0 Å². The number of carbonyl (C=O) groups is 1. The molecule has 2 heterocycles. The van der Waals surface area contributed by atoms with E-state index in [1.54, 1.807) is 23.1 Å². The highest BCUT2D eigenvalue weighted by molar-refractivity contribution is 7.90. The molecule has 0 unspecified atom stereocenters. The van der Waals surface area contributed by atoms with Gasteiger partial charge < -0.3 is 9.80 Å². The Bertz CT molecular complexity index is 1220. The average molecular weight is 464 g/mol. The summed E-state index contributed by atoms with van der Waals surface area (Å²) in [4.78, 5) is 18.0. The smallest absolute Gasteiger partial charge is 0.368 e. The maximum Gasteiger partial charge on any atom is 0.417 e. The number of nitriles is 1. The Morgan fingerprint density at radius 1 is 1.06 bits per heavy atom. The lowest BCUT2D eigenvalue weighted by atomic mass is 10.1. The standard InChI is InChI=1S/C21H19F3N4O3S/c1-32(30,31)18-4-2-3-15(9-18)26-7-8-27-17(12-26)13-28(20(27)29)16-6-5-14(11-25)19(10-16)21(22,23)24/h2-6,9-10,17H,7-8,12-13H2,1H3/t17-/m0/s1. The summed E-state index contributed by atoms with van der Waals surface area (Å²) in [6, 6.07) is 10.7. The monoisotopic (exact) mass is 464 g/mol. The minimum Gasteiger partial charge on any atom is -0.368 e. The molecule has 4 rings (SSSR count). The fourth-order valence-electron chi connectivity index (χ4n) is 4.10. The molecular weight excluding hydrogens is 445 g/mol. The molecule has 2 amide bonds. The topological polar surface area (TPSA) is 84.7 Å². The van der Waals surface area contributed by atoms with Crippen LogP contribution in [0.5, 0.6) is 0 Å². The molecule has 1 atom stereocenters. The number of halogens is 3. The van der Waals surface area contributed by atoms with E-state index >= 15 is 0 Å². The van der Waals surface area contributed by atoms with Crippen LogP contribution < -0.4 is 9.80 Å². The second-order valence-electron chi connectivity index (χ2n) is 7.80. The molecule has 0 aliphatic carbocycles. The molecule has 2 aromatic carbocycles. The summed E-state index contributed by atoms with van der Waals surface area (Å²) in [5.74, 6) is 0. The number of amides is 2. The molecule has 2 aliphatic heterocycles. The van der Waals surface area contributed by atoms with Crippen molar-refractivity contribution in [2.45, 2.75) is 17.1 Å². The number of nitrogens with zero attached hydrogens (tertiary/aromatic N) is 4. The van der Waals surface area contributed by atoms with Gasteiger partial charge in [-0.15, -0.1) is 0 Å². The first-order valence-electron chi connectivity index (χ1n) is 9.73. The van der Waals surface area contributed by atoms with Crippen molar-refractivity contribution in [3.05, 3.63) is 53.6 Å². The first-order chi connectivity index (χ1) is 15.0. The summed E-state index contributed by atoms with van der Waals surface area (Å²) >= 11 is 0. The third-order valence-corrected chi connectivity index (χ3v) is 6.81. The fraction of sp³-hybridized carbons (Fsp3) is 0.333. The predicted molar refractivity (Wildman–Crippen MR) is 111 cm³/mol. The van der Waals surface area contributed by atoms with Gasteiger partial charge in [0, 0.05) is 43.8 Å². The van der Waals surface area contributed by atoms with Gasteiger partial charge in [-0.1, -0.05) is 6.07 Å². The quantitative estimate of drug-likeness (QED) is 0.697. The minimum absolute atomic E-state index is 0.0846. The van der Waals surface area contributed by atoms with Crippen molar-refractivity contribution < 1.29 is 26.4 Å². The third-order valence-electron chi connectivity index (χ3n) is 5.70. The average Bonchev–Trinajstić information content (AvgIpc) is 3.08. The van der Waals surface area contributed by atoms with E-state index < -0.39 is 33.2 Å². The van der Waals surface area contributed by atoms with Crippen LogP contribution >= 0.6 is 0 Å². The van der Waals surface area contributed by atoms with Crippen molar-refractivity contribution in [2.75, 3.05) is 42.2 Å². The number of hydrogen-bond acceptors (Lipinski definition) is 5. The summed E-state index contributed by atoms with van der Waals surface area (Å²) in [7, 11) is -3.37. The van der Waals surface area contributed by atoms with Crippen LogP contribution in [0.1, 0.15) is 11.1 Å². The number of fused-ring (bicyclic) bond motifs is 1. The van der Waals surface area contributed by atoms with Crippen molar-refractivity contribution in [3.63, 3.8) is 0 Å². The van der Waals surface area contributed by atoms with Gasteiger partial charge in [0.05, 0.1) is 28.1 Å². The largest absolute Gasteiger partial charge is 0.417 e. The van der Waals surface area contributed by atoms with E-state index in [1.807, 2.05) is 4.90 Å². The molecule has 0 aromatic heterocycles. The molecule has 2 fully saturated rings. The minimum atomic E-state index is -4.71. The number of benzene rings is 2. The van der Waals surface area contributed by atoms with E-state index in [9.17, 15) is 26.4 Å². The summed E-state index contributed by atoms with van der Waals surface area (Å²) in [5, 5.41) is 8.98. The summed E-state index contributed by atoms with van der Waals surface area (Å²) < 4.78 is 63.7. The van der Waals surface area contributed by atoms with E-state index in [4.69, 9.17) is 5.26 Å². The van der Waals surface area contributed by atoms with E-state index in [1.165, 1.54) is 23.1 Å². The maximum atomic E-state index is 13.3. The number of alkyl halides is 3. The Labute approximate surface area is 183 Å². The molecule has 7 nitrogen and oxygen atoms in total. The molecule has 168 valence electrons. The van der Waals surface area contributed by atoms with Gasteiger partial charge in [-0.2, -0.15) is 18.4 Å². The number of piperazine rings is 1. The summed E-state index contributed by atoms with van der Waals surface area (Å²) in [6.45, 7) is 1.41. The Morgan fingerprint density at radius 2 is 1.81 bits per heavy atom. The van der Waals surface area contributed by atoms with Crippen molar-refractivity contribution in [2.24, 2.45) is 0 Å². The number of carbonyl (C=O) groups excluding carboxylic acids is 1. The second kappa shape index (κ2) is 7.70. The Hall–Kier alpha value is -3.26. The lowest BCUT2D eigenvalue weighted by Crippen LogP contribution is -2.52. The number of sulfone groups is 1. The van der Waals surface area contributed by atoms with E-state index in [-0.39, 0.29) is 23.2 Å². The molecule has 0 saturated carbocycles. The van der Waals surface area contributed by atoms with E-state index in [0.29, 0.717) is 25.3 Å². The Morgan fingerprint density at radius 3 is 2.47 bits per heavy atom. The molecule has 0 N–H and O–H groups in total. The van der Waals surface area contributed by atoms with Crippen LogP contribution in [-0.2, 0) is 16.0 Å². The number of anilines is 2. The highest BCUT2D eigenvalue weighted by Crippen LogP contribution is 2.36. The zero-order chi connectivity index (χ0) is 23.3. The fourth-order valence-corrected chi connectivity index (χ4v) is 4.76. The van der Waals surface area contributed by atoms with Crippen molar-refractivity contribution in [1.82, 2.24) is 4.90 Å². The third kappa shape index (κ3) is 3.98. The van der Waals surface area contributed by atoms with Crippen LogP contribution in [0.3, 0.4) is 0 Å². The first-order valence-corrected chi connectivity index (χ1v) is 11.6. The zero-order valence-corrected chi connectivity index (χ0v) is 17.8. The molecule has 2 aromatic rings. The molecule has 0 bridgehead atoms. The molecule has 32 heavy (non-hydrogen) atoms. The van der Waals surface area contributed by atoms with Crippen LogP contribution in [0.15, 0.2) is 47.4 Å². The number of rotatable bonds is 3. The van der Waals surface area contributed by atoms with Crippen molar-refractivity contribution in [1.29, 1.82) is 5.26 Å². The highest BCUT2D eigenvalue weighted by Gasteiger charge is 2.42. The first kappa shape index (κ1) is 22.0. The van der Waals surface area contributed by atoms with Gasteiger partial charge in [0.25, 0.3) is 0 Å². The van der Waals surface area contributed by atoms with Crippen molar-refractivity contribution >= 4 is 27.2 Å². The number of hydrogen-bond donors (Lipinski definition) is 0. The second-order valence-corrected chi connectivity index (χ2v) is 9.81. The molecule has 11 heteroatoms. The van der Waals surface area contributed by atoms with Crippen LogP contribution in [0, 0.1) is 11.3 Å². The van der Waals surface area contributed by atoms with Crippen molar-refractivity contribution in [3.8, 4) is 6.07 Å². The zero-order valence-electron chi connectivity index (χ0n) is 17.0. The molecule has 2 aliphatic rings. The van der Waals surface area contributed by atoms with Crippen LogP contribution in [-0.4, -0.2) is 57.8 Å². The Balaban J connectivity index is 1.58. The van der Waals surface area contributed by atoms with Gasteiger partial charge in [0.2, 0.25) is 0 Å². The Kier molecular flexibility index (Phi) is 5.29. The summed E-state index contributed by atoms with van der Waals surface area (Å²) in [5.41, 5.74) is -0.783. The highest BCUT2D eigenvalue weighted by atomic mass is 32.2. The van der Waals surface area contributed by atoms with Crippen LogP contribution in [0.4, 0.5) is 29.3 Å². The molecule has 2 saturated heterocycles. The maximum absolute atomic E-state index is 13.3. The van der Waals surface area contributed by atoms with E-state index in [0.717, 1.165) is 18.4 Å². The van der Waals surface area contributed by atoms with Gasteiger partial charge in [-0.25, -0.2) is 13.2 Å². The van der Waals surface area contributed by atoms with Crippen LogP contribution in [0.2, 0.25) is 0 Å².